The Kier molecular flexibility index (Phi) is 10.5. The number of amides is 2. The van der Waals surface area contributed by atoms with E-state index in [0.29, 0.717) is 56.2 Å². The Balaban J connectivity index is 1.31. The van der Waals surface area contributed by atoms with Crippen LogP contribution in [0.4, 0.5) is 0 Å². The molecule has 1 aromatic heterocycles. The normalized spacial score (nSPS) is 21.8. The summed E-state index contributed by atoms with van der Waals surface area (Å²) in [5.41, 5.74) is 2.66. The van der Waals surface area contributed by atoms with Crippen LogP contribution in [0.1, 0.15) is 65.1 Å². The lowest BCUT2D eigenvalue weighted by Crippen LogP contribution is -2.58. The van der Waals surface area contributed by atoms with Crippen molar-refractivity contribution in [3.8, 4) is 11.3 Å². The van der Waals surface area contributed by atoms with E-state index < -0.39 is 5.60 Å². The van der Waals surface area contributed by atoms with E-state index in [2.05, 4.69) is 22.3 Å². The summed E-state index contributed by atoms with van der Waals surface area (Å²) < 4.78 is 7.78. The van der Waals surface area contributed by atoms with Gasteiger partial charge in [-0.15, -0.1) is 0 Å². The van der Waals surface area contributed by atoms with Gasteiger partial charge in [0.05, 0.1) is 30.7 Å². The van der Waals surface area contributed by atoms with E-state index in [1.165, 1.54) is 5.56 Å². The van der Waals surface area contributed by atoms with Crippen LogP contribution < -0.4 is 5.32 Å². The van der Waals surface area contributed by atoms with E-state index in [9.17, 15) is 14.7 Å². The van der Waals surface area contributed by atoms with Crippen molar-refractivity contribution in [3.05, 3.63) is 114 Å². The van der Waals surface area contributed by atoms with Gasteiger partial charge in [-0.2, -0.15) is 0 Å². The van der Waals surface area contributed by atoms with Gasteiger partial charge in [0.1, 0.15) is 5.60 Å². The molecular weight excluding hydrogens is 590 g/mol. The lowest BCUT2D eigenvalue weighted by atomic mass is 9.80. The van der Waals surface area contributed by atoms with Crippen LogP contribution in [0.25, 0.3) is 11.3 Å². The first-order valence-corrected chi connectivity index (χ1v) is 16.8. The molecule has 246 valence electrons. The number of imidazole rings is 1. The molecule has 9 heteroatoms. The molecule has 2 aliphatic rings. The number of rotatable bonds is 11. The minimum atomic E-state index is -1.06. The standard InChI is InChI=1S/C38H45N5O4/c1-2-47-27-38(46)21-13-12-20-33(38)43-28-40-34(35(43)30-16-8-4-9-17-30)37(45)42-23-22-41(25-29-14-6-3-7-15-29)26-32(42)24-39-36(44)31-18-10-5-11-19-31/h3-11,14-19,28,32-33,46H,2,12-13,20-27H2,1H3,(H,39,44)/t32-,33?,38?/m1/s1. The van der Waals surface area contributed by atoms with Gasteiger partial charge >= 0.3 is 0 Å². The van der Waals surface area contributed by atoms with Crippen molar-refractivity contribution in [1.82, 2.24) is 24.7 Å². The van der Waals surface area contributed by atoms with Crippen LogP contribution in [-0.2, 0) is 11.3 Å². The molecule has 4 aromatic rings. The SMILES string of the molecule is CCOCC1(O)CCCCC1n1cnc(C(=O)N2CCN(Cc3ccccc3)C[C@H]2CNC(=O)c2ccccc2)c1-c1ccccc1. The molecule has 3 aromatic carbocycles. The minimum Gasteiger partial charge on any atom is -0.385 e. The number of aromatic nitrogens is 2. The number of ether oxygens (including phenoxy) is 1. The van der Waals surface area contributed by atoms with Crippen molar-refractivity contribution < 1.29 is 19.4 Å². The Hall–Kier alpha value is -4.31. The number of hydrogen-bond acceptors (Lipinski definition) is 6. The number of nitrogens with one attached hydrogen (secondary N) is 1. The van der Waals surface area contributed by atoms with E-state index >= 15 is 0 Å². The van der Waals surface area contributed by atoms with Crippen LogP contribution in [-0.4, -0.2) is 87.3 Å². The smallest absolute Gasteiger partial charge is 0.275 e. The summed E-state index contributed by atoms with van der Waals surface area (Å²) in [4.78, 5) is 36.7. The highest BCUT2D eigenvalue weighted by Crippen LogP contribution is 2.41. The van der Waals surface area contributed by atoms with Gasteiger partial charge in [0, 0.05) is 50.5 Å². The Labute approximate surface area is 277 Å². The lowest BCUT2D eigenvalue weighted by Gasteiger charge is -2.42. The Bertz CT molecular complexity index is 1610. The molecule has 2 heterocycles. The molecule has 0 spiro atoms. The number of hydrogen-bond donors (Lipinski definition) is 2. The third-order valence-corrected chi connectivity index (χ3v) is 9.50. The van der Waals surface area contributed by atoms with Gasteiger partial charge < -0.3 is 24.6 Å². The van der Waals surface area contributed by atoms with E-state index in [1.54, 1.807) is 18.5 Å². The topological polar surface area (TPSA) is 99.9 Å². The van der Waals surface area contributed by atoms with Gasteiger partial charge in [-0.05, 0) is 37.5 Å². The number of carbonyl (C=O) groups is 2. The summed E-state index contributed by atoms with van der Waals surface area (Å²) in [7, 11) is 0. The molecule has 2 amide bonds. The molecule has 2 fully saturated rings. The average molecular weight is 636 g/mol. The van der Waals surface area contributed by atoms with Crippen molar-refractivity contribution in [2.24, 2.45) is 0 Å². The molecule has 3 atom stereocenters. The largest absolute Gasteiger partial charge is 0.385 e. The molecule has 0 bridgehead atoms. The fraction of sp³-hybridized carbons (Fsp3) is 0.395. The van der Waals surface area contributed by atoms with Crippen LogP contribution in [0.2, 0.25) is 0 Å². The molecule has 6 rings (SSSR count). The molecule has 0 radical (unpaired) electrons. The van der Waals surface area contributed by atoms with Crippen molar-refractivity contribution in [3.63, 3.8) is 0 Å². The minimum absolute atomic E-state index is 0.168. The first-order valence-electron chi connectivity index (χ1n) is 16.8. The predicted molar refractivity (Wildman–Crippen MR) is 182 cm³/mol. The van der Waals surface area contributed by atoms with Gasteiger partial charge in [0.15, 0.2) is 5.69 Å². The Morgan fingerprint density at radius 3 is 2.38 bits per heavy atom. The van der Waals surface area contributed by atoms with Crippen molar-refractivity contribution >= 4 is 11.8 Å². The average Bonchev–Trinajstić information content (AvgIpc) is 3.56. The molecule has 9 nitrogen and oxygen atoms in total. The molecule has 2 unspecified atom stereocenters. The Morgan fingerprint density at radius 2 is 1.66 bits per heavy atom. The summed E-state index contributed by atoms with van der Waals surface area (Å²) in [5.74, 6) is -0.344. The predicted octanol–water partition coefficient (Wildman–Crippen LogP) is 5.19. The van der Waals surface area contributed by atoms with Gasteiger partial charge in [0.2, 0.25) is 0 Å². The second-order valence-electron chi connectivity index (χ2n) is 12.7. The Morgan fingerprint density at radius 1 is 0.957 bits per heavy atom. The molecule has 1 saturated carbocycles. The maximum atomic E-state index is 14.6. The summed E-state index contributed by atoms with van der Waals surface area (Å²) in [6, 6.07) is 28.8. The van der Waals surface area contributed by atoms with Crippen LogP contribution in [0.15, 0.2) is 97.3 Å². The third kappa shape index (κ3) is 7.48. The van der Waals surface area contributed by atoms with Crippen LogP contribution in [0.5, 0.6) is 0 Å². The summed E-state index contributed by atoms with van der Waals surface area (Å²) in [6.07, 6.45) is 5.01. The van der Waals surface area contributed by atoms with Crippen LogP contribution >= 0.6 is 0 Å². The van der Waals surface area contributed by atoms with Gasteiger partial charge in [0.25, 0.3) is 11.8 Å². The number of nitrogens with zero attached hydrogens (tertiary/aromatic N) is 4. The van der Waals surface area contributed by atoms with Gasteiger partial charge in [-0.1, -0.05) is 91.7 Å². The van der Waals surface area contributed by atoms with Crippen molar-refractivity contribution in [1.29, 1.82) is 0 Å². The molecule has 1 aliphatic carbocycles. The van der Waals surface area contributed by atoms with Crippen molar-refractivity contribution in [2.75, 3.05) is 39.4 Å². The van der Waals surface area contributed by atoms with Gasteiger partial charge in [-0.3, -0.25) is 14.5 Å². The van der Waals surface area contributed by atoms with Crippen LogP contribution in [0.3, 0.4) is 0 Å². The molecule has 47 heavy (non-hydrogen) atoms. The number of carbonyl (C=O) groups excluding carboxylic acids is 2. The maximum Gasteiger partial charge on any atom is 0.275 e. The maximum absolute atomic E-state index is 14.6. The fourth-order valence-electron chi connectivity index (χ4n) is 7.07. The van der Waals surface area contributed by atoms with E-state index in [4.69, 9.17) is 9.72 Å². The van der Waals surface area contributed by atoms with Gasteiger partial charge in [-0.25, -0.2) is 4.98 Å². The fourth-order valence-corrected chi connectivity index (χ4v) is 7.07. The van der Waals surface area contributed by atoms with E-state index in [0.717, 1.165) is 31.4 Å². The zero-order valence-electron chi connectivity index (χ0n) is 27.1. The van der Waals surface area contributed by atoms with E-state index in [-0.39, 0.29) is 30.5 Å². The first kappa shape index (κ1) is 32.6. The zero-order valence-corrected chi connectivity index (χ0v) is 27.1. The third-order valence-electron chi connectivity index (χ3n) is 9.50. The number of piperazine rings is 1. The number of benzene rings is 3. The monoisotopic (exact) mass is 635 g/mol. The lowest BCUT2D eigenvalue weighted by molar-refractivity contribution is -0.0972. The summed E-state index contributed by atoms with van der Waals surface area (Å²) >= 11 is 0. The second-order valence-corrected chi connectivity index (χ2v) is 12.7. The molecule has 1 aliphatic heterocycles. The summed E-state index contributed by atoms with van der Waals surface area (Å²) in [5, 5.41) is 15.0. The molecule has 2 N–H and O–H groups in total. The highest BCUT2D eigenvalue weighted by molar-refractivity contribution is 5.99. The van der Waals surface area contributed by atoms with Crippen molar-refractivity contribution in [2.45, 2.75) is 56.8 Å². The zero-order chi connectivity index (χ0) is 32.6. The first-order chi connectivity index (χ1) is 23.0. The molecular formula is C38H45N5O4. The quantitative estimate of drug-likeness (QED) is 0.236. The molecule has 1 saturated heterocycles. The number of aliphatic hydroxyl groups is 1. The highest BCUT2D eigenvalue weighted by atomic mass is 16.5. The second kappa shape index (κ2) is 15.1. The van der Waals surface area contributed by atoms with Crippen LogP contribution in [0, 0.1) is 0 Å². The van der Waals surface area contributed by atoms with E-state index in [1.807, 2.05) is 83.1 Å². The summed E-state index contributed by atoms with van der Waals surface area (Å²) in [6.45, 7) is 5.55. The highest BCUT2D eigenvalue weighted by Gasteiger charge is 2.43.